The van der Waals surface area contributed by atoms with Gasteiger partial charge in [-0.25, -0.2) is 0 Å². The zero-order chi connectivity index (χ0) is 13.8. The fraction of sp³-hybridized carbons (Fsp3) is 0.455. The molecule has 0 amide bonds. The van der Waals surface area contributed by atoms with Gasteiger partial charge in [0.15, 0.2) is 0 Å². The first-order valence-corrected chi connectivity index (χ1v) is 6.87. The van der Waals surface area contributed by atoms with Crippen molar-refractivity contribution in [3.63, 3.8) is 0 Å². The van der Waals surface area contributed by atoms with Crippen LogP contribution in [-0.2, 0) is 6.18 Å². The molecule has 1 atom stereocenters. The zero-order valence-corrected chi connectivity index (χ0v) is 11.2. The number of hydrogen-bond acceptors (Lipinski definition) is 3. The third kappa shape index (κ3) is 4.26. The first kappa shape index (κ1) is 15.5. The van der Waals surface area contributed by atoms with Crippen molar-refractivity contribution in [2.24, 2.45) is 0 Å². The van der Waals surface area contributed by atoms with Gasteiger partial charge < -0.3 is 10.4 Å². The van der Waals surface area contributed by atoms with Crippen LogP contribution in [0.15, 0.2) is 23.1 Å². The average molecular weight is 300 g/mol. The lowest BCUT2D eigenvalue weighted by Gasteiger charge is -2.16. The summed E-state index contributed by atoms with van der Waals surface area (Å²) in [5, 5.41) is 11.8. The lowest BCUT2D eigenvalue weighted by molar-refractivity contribution is -0.137. The Morgan fingerprint density at radius 2 is 2.11 bits per heavy atom. The summed E-state index contributed by atoms with van der Waals surface area (Å²) in [6.07, 6.45) is -3.60. The van der Waals surface area contributed by atoms with Crippen molar-refractivity contribution in [3.05, 3.63) is 23.8 Å². The number of aliphatic hydroxyl groups excluding tert-OH is 1. The highest BCUT2D eigenvalue weighted by molar-refractivity contribution is 7.98. The van der Waals surface area contributed by atoms with Gasteiger partial charge in [0.1, 0.15) is 0 Å². The van der Waals surface area contributed by atoms with Crippen molar-refractivity contribution in [1.29, 1.82) is 0 Å². The summed E-state index contributed by atoms with van der Waals surface area (Å²) in [7, 11) is 0. The van der Waals surface area contributed by atoms with Gasteiger partial charge in [-0.15, -0.1) is 23.4 Å². The number of aliphatic hydroxyl groups is 1. The molecule has 0 saturated heterocycles. The van der Waals surface area contributed by atoms with E-state index in [2.05, 4.69) is 5.32 Å². The maximum Gasteiger partial charge on any atom is 0.418 e. The van der Waals surface area contributed by atoms with Crippen molar-refractivity contribution in [2.45, 2.75) is 17.2 Å². The Bertz CT molecular complexity index is 400. The van der Waals surface area contributed by atoms with Gasteiger partial charge in [-0.1, -0.05) is 0 Å². The second kappa shape index (κ2) is 6.54. The maximum atomic E-state index is 12.8. The number of nitrogens with one attached hydrogen (secondary N) is 1. The van der Waals surface area contributed by atoms with Crippen LogP contribution in [0.2, 0.25) is 0 Å². The van der Waals surface area contributed by atoms with Gasteiger partial charge in [-0.2, -0.15) is 13.2 Å². The van der Waals surface area contributed by atoms with Crippen molar-refractivity contribution in [3.8, 4) is 0 Å². The summed E-state index contributed by atoms with van der Waals surface area (Å²) < 4.78 is 38.5. The van der Waals surface area contributed by atoms with Crippen LogP contribution in [-0.4, -0.2) is 29.9 Å². The SMILES string of the molecule is CSc1ccc(NCC(O)CCl)c(C(F)(F)F)c1. The first-order chi connectivity index (χ1) is 8.38. The zero-order valence-electron chi connectivity index (χ0n) is 9.59. The van der Waals surface area contributed by atoms with Gasteiger partial charge in [0.05, 0.1) is 17.5 Å². The van der Waals surface area contributed by atoms with Crippen molar-refractivity contribution in [2.75, 3.05) is 24.0 Å². The summed E-state index contributed by atoms with van der Waals surface area (Å²) in [6, 6.07) is 4.03. The largest absolute Gasteiger partial charge is 0.418 e. The van der Waals surface area contributed by atoms with Crippen molar-refractivity contribution in [1.82, 2.24) is 0 Å². The molecule has 0 aliphatic heterocycles. The van der Waals surface area contributed by atoms with E-state index >= 15 is 0 Å². The fourth-order valence-corrected chi connectivity index (χ4v) is 1.87. The normalized spacial score (nSPS) is 13.4. The molecule has 0 heterocycles. The molecular formula is C11H13ClF3NOS. The Morgan fingerprint density at radius 3 is 2.61 bits per heavy atom. The van der Waals surface area contributed by atoms with Crippen LogP contribution >= 0.6 is 23.4 Å². The van der Waals surface area contributed by atoms with Gasteiger partial charge in [0, 0.05) is 17.1 Å². The van der Waals surface area contributed by atoms with E-state index in [0.717, 1.165) is 6.07 Å². The van der Waals surface area contributed by atoms with Gasteiger partial charge in [0.25, 0.3) is 0 Å². The third-order valence-corrected chi connectivity index (χ3v) is 3.32. The van der Waals surface area contributed by atoms with E-state index in [1.165, 1.54) is 17.8 Å². The Balaban J connectivity index is 2.96. The Hall–Kier alpha value is -0.590. The standard InChI is InChI=1S/C11H13ClF3NOS/c1-18-8-2-3-10(16-6-7(17)5-12)9(4-8)11(13,14)15/h2-4,7,16-17H,5-6H2,1H3. The summed E-state index contributed by atoms with van der Waals surface area (Å²) >= 11 is 6.62. The number of hydrogen-bond donors (Lipinski definition) is 2. The molecule has 0 bridgehead atoms. The molecular weight excluding hydrogens is 287 g/mol. The van der Waals surface area contributed by atoms with Crippen LogP contribution < -0.4 is 5.32 Å². The second-order valence-corrected chi connectivity index (χ2v) is 4.79. The fourth-order valence-electron chi connectivity index (χ4n) is 1.32. The van der Waals surface area contributed by atoms with Crippen molar-refractivity contribution >= 4 is 29.1 Å². The summed E-state index contributed by atoms with van der Waals surface area (Å²) in [5.74, 6) is -0.0305. The third-order valence-electron chi connectivity index (χ3n) is 2.24. The Labute approximate surface area is 113 Å². The molecule has 0 saturated carbocycles. The van der Waals surface area contributed by atoms with E-state index in [0.29, 0.717) is 4.90 Å². The molecule has 1 unspecified atom stereocenters. The van der Waals surface area contributed by atoms with E-state index in [-0.39, 0.29) is 18.1 Å². The van der Waals surface area contributed by atoms with E-state index in [4.69, 9.17) is 11.6 Å². The molecule has 102 valence electrons. The minimum Gasteiger partial charge on any atom is -0.390 e. The van der Waals surface area contributed by atoms with Crippen LogP contribution in [0.25, 0.3) is 0 Å². The average Bonchev–Trinajstić information content (AvgIpc) is 2.34. The molecule has 0 aromatic heterocycles. The quantitative estimate of drug-likeness (QED) is 0.645. The maximum absolute atomic E-state index is 12.8. The van der Waals surface area contributed by atoms with Gasteiger partial charge in [0.2, 0.25) is 0 Å². The molecule has 7 heteroatoms. The van der Waals surface area contributed by atoms with Gasteiger partial charge in [-0.05, 0) is 24.5 Å². The highest BCUT2D eigenvalue weighted by atomic mass is 35.5. The lowest BCUT2D eigenvalue weighted by Crippen LogP contribution is -2.22. The van der Waals surface area contributed by atoms with E-state index in [1.807, 2.05) is 0 Å². The van der Waals surface area contributed by atoms with Crippen LogP contribution in [0.4, 0.5) is 18.9 Å². The molecule has 2 N–H and O–H groups in total. The molecule has 0 radical (unpaired) electrons. The van der Waals surface area contributed by atoms with Crippen LogP contribution in [0, 0.1) is 0 Å². The van der Waals surface area contributed by atoms with Crippen molar-refractivity contribution < 1.29 is 18.3 Å². The van der Waals surface area contributed by atoms with E-state index < -0.39 is 17.8 Å². The summed E-state index contributed by atoms with van der Waals surface area (Å²) in [4.78, 5) is 0.533. The molecule has 1 aromatic rings. The molecule has 1 aromatic carbocycles. The molecule has 2 nitrogen and oxygen atoms in total. The molecule has 1 rings (SSSR count). The minimum atomic E-state index is -4.43. The predicted octanol–water partition coefficient (Wildman–Crippen LogP) is 3.44. The minimum absolute atomic E-state index is 0.0226. The Morgan fingerprint density at radius 1 is 1.44 bits per heavy atom. The second-order valence-electron chi connectivity index (χ2n) is 3.60. The van der Waals surface area contributed by atoms with E-state index in [9.17, 15) is 18.3 Å². The summed E-state index contributed by atoms with van der Waals surface area (Å²) in [5.41, 5.74) is -0.791. The highest BCUT2D eigenvalue weighted by Crippen LogP contribution is 2.37. The van der Waals surface area contributed by atoms with Gasteiger partial charge >= 0.3 is 6.18 Å². The van der Waals surface area contributed by atoms with E-state index in [1.54, 1.807) is 12.3 Å². The van der Waals surface area contributed by atoms with Crippen LogP contribution in [0.3, 0.4) is 0 Å². The smallest absolute Gasteiger partial charge is 0.390 e. The van der Waals surface area contributed by atoms with Crippen LogP contribution in [0.5, 0.6) is 0 Å². The number of thioether (sulfide) groups is 1. The highest BCUT2D eigenvalue weighted by Gasteiger charge is 2.33. The molecule has 0 aliphatic carbocycles. The molecule has 0 fully saturated rings. The lowest BCUT2D eigenvalue weighted by atomic mass is 10.1. The van der Waals surface area contributed by atoms with Gasteiger partial charge in [-0.3, -0.25) is 0 Å². The topological polar surface area (TPSA) is 32.3 Å². The monoisotopic (exact) mass is 299 g/mol. The Kier molecular flexibility index (Phi) is 5.62. The van der Waals surface area contributed by atoms with Crippen LogP contribution in [0.1, 0.15) is 5.56 Å². The number of anilines is 1. The predicted molar refractivity (Wildman–Crippen MR) is 68.4 cm³/mol. The number of alkyl halides is 4. The molecule has 0 spiro atoms. The molecule has 18 heavy (non-hydrogen) atoms. The summed E-state index contributed by atoms with van der Waals surface area (Å²) in [6.45, 7) is -0.0226. The number of benzene rings is 1. The number of rotatable bonds is 5. The first-order valence-electron chi connectivity index (χ1n) is 5.11. The molecule has 0 aliphatic rings. The number of halogens is 4.